The van der Waals surface area contributed by atoms with Crippen LogP contribution in [-0.2, 0) is 0 Å². The monoisotopic (exact) mass is 129 g/mol. The first-order valence-electron chi connectivity index (χ1n) is 3.64. The van der Waals surface area contributed by atoms with E-state index in [1.165, 1.54) is 19.3 Å². The van der Waals surface area contributed by atoms with Gasteiger partial charge in [0.2, 0.25) is 0 Å². The van der Waals surface area contributed by atoms with Gasteiger partial charge < -0.3 is 10.8 Å². The van der Waals surface area contributed by atoms with Crippen LogP contribution in [0.15, 0.2) is 0 Å². The quantitative estimate of drug-likeness (QED) is 0.583. The largest absolute Gasteiger partial charge is 0.396 e. The lowest BCUT2D eigenvalue weighted by Gasteiger charge is -2.40. The Bertz CT molecular complexity index is 83.4. The van der Waals surface area contributed by atoms with E-state index in [0.29, 0.717) is 6.61 Å². The number of rotatable bonds is 3. The molecule has 1 aliphatic carbocycles. The molecule has 1 rings (SSSR count). The van der Waals surface area contributed by atoms with Crippen molar-refractivity contribution in [2.45, 2.75) is 25.7 Å². The molecular formula is C7H15NO. The van der Waals surface area contributed by atoms with E-state index in [0.717, 1.165) is 13.0 Å². The summed E-state index contributed by atoms with van der Waals surface area (Å²) in [6.45, 7) is 1.06. The van der Waals surface area contributed by atoms with Gasteiger partial charge in [-0.2, -0.15) is 0 Å². The Labute approximate surface area is 56.1 Å². The minimum Gasteiger partial charge on any atom is -0.396 e. The molecule has 1 fully saturated rings. The van der Waals surface area contributed by atoms with Crippen LogP contribution in [0.25, 0.3) is 0 Å². The summed E-state index contributed by atoms with van der Waals surface area (Å²) in [6, 6.07) is 0. The third-order valence-corrected chi connectivity index (χ3v) is 2.42. The maximum absolute atomic E-state index is 8.91. The Morgan fingerprint density at radius 2 is 2.11 bits per heavy atom. The fourth-order valence-electron chi connectivity index (χ4n) is 1.47. The number of hydrogen-bond donors (Lipinski definition) is 2. The molecule has 0 aromatic rings. The average Bonchev–Trinajstić information content (AvgIpc) is 1.79. The molecule has 0 unspecified atom stereocenters. The predicted molar refractivity (Wildman–Crippen MR) is 37.0 cm³/mol. The Balaban J connectivity index is 2.28. The van der Waals surface area contributed by atoms with E-state index >= 15 is 0 Å². The van der Waals surface area contributed by atoms with Crippen LogP contribution in [0.4, 0.5) is 0 Å². The number of hydrogen-bond acceptors (Lipinski definition) is 2. The molecule has 1 aliphatic rings. The minimum atomic E-state index is 0.245. The van der Waals surface area contributed by atoms with Gasteiger partial charge >= 0.3 is 0 Å². The van der Waals surface area contributed by atoms with Crippen LogP contribution in [0.5, 0.6) is 0 Å². The predicted octanol–water partition coefficient (Wildman–Crippen LogP) is 0.498. The highest BCUT2D eigenvalue weighted by atomic mass is 16.3. The highest BCUT2D eigenvalue weighted by Gasteiger charge is 2.34. The normalized spacial score (nSPS) is 23.3. The smallest absolute Gasteiger partial charge is 0.0487 e. The maximum Gasteiger partial charge on any atom is 0.0487 e. The average molecular weight is 129 g/mol. The SMILES string of the molecule is NCCC1(CO)CCC1. The summed E-state index contributed by atoms with van der Waals surface area (Å²) in [6.07, 6.45) is 4.64. The van der Waals surface area contributed by atoms with Gasteiger partial charge in [0.15, 0.2) is 0 Å². The Hall–Kier alpha value is -0.0800. The number of nitrogens with two attached hydrogens (primary N) is 1. The van der Waals surface area contributed by atoms with Gasteiger partial charge in [-0.3, -0.25) is 0 Å². The lowest BCUT2D eigenvalue weighted by atomic mass is 9.67. The summed E-state index contributed by atoms with van der Waals surface area (Å²) in [5, 5.41) is 8.91. The maximum atomic E-state index is 8.91. The van der Waals surface area contributed by atoms with Gasteiger partial charge in [-0.05, 0) is 31.2 Å². The number of aliphatic hydroxyl groups excluding tert-OH is 1. The molecule has 0 saturated heterocycles. The van der Waals surface area contributed by atoms with Crippen molar-refractivity contribution in [2.24, 2.45) is 11.1 Å². The first-order chi connectivity index (χ1) is 4.33. The second-order valence-corrected chi connectivity index (χ2v) is 3.05. The summed E-state index contributed by atoms with van der Waals surface area (Å²) in [5.41, 5.74) is 5.63. The van der Waals surface area contributed by atoms with E-state index in [4.69, 9.17) is 10.8 Å². The summed E-state index contributed by atoms with van der Waals surface area (Å²) in [5.74, 6) is 0. The molecule has 0 aliphatic heterocycles. The molecule has 0 heterocycles. The van der Waals surface area contributed by atoms with Crippen molar-refractivity contribution in [1.82, 2.24) is 0 Å². The van der Waals surface area contributed by atoms with Crippen molar-refractivity contribution < 1.29 is 5.11 Å². The van der Waals surface area contributed by atoms with Crippen LogP contribution in [-0.4, -0.2) is 18.3 Å². The van der Waals surface area contributed by atoms with Crippen LogP contribution in [0.1, 0.15) is 25.7 Å². The van der Waals surface area contributed by atoms with Gasteiger partial charge in [-0.25, -0.2) is 0 Å². The zero-order valence-electron chi connectivity index (χ0n) is 5.77. The third kappa shape index (κ3) is 1.25. The van der Waals surface area contributed by atoms with E-state index in [9.17, 15) is 0 Å². The van der Waals surface area contributed by atoms with E-state index in [-0.39, 0.29) is 5.41 Å². The summed E-state index contributed by atoms with van der Waals surface area (Å²) in [4.78, 5) is 0. The molecule has 0 radical (unpaired) electrons. The molecule has 3 N–H and O–H groups in total. The molecule has 2 nitrogen and oxygen atoms in total. The lowest BCUT2D eigenvalue weighted by molar-refractivity contribution is 0.0386. The van der Waals surface area contributed by atoms with Crippen LogP contribution < -0.4 is 5.73 Å². The summed E-state index contributed by atoms with van der Waals surface area (Å²) < 4.78 is 0. The van der Waals surface area contributed by atoms with Crippen molar-refractivity contribution in [3.63, 3.8) is 0 Å². The molecule has 54 valence electrons. The molecule has 0 atom stereocenters. The second kappa shape index (κ2) is 2.67. The second-order valence-electron chi connectivity index (χ2n) is 3.05. The molecule has 9 heavy (non-hydrogen) atoms. The van der Waals surface area contributed by atoms with E-state index < -0.39 is 0 Å². The standard InChI is InChI=1S/C7H15NO/c8-5-4-7(6-9)2-1-3-7/h9H,1-6,8H2. The van der Waals surface area contributed by atoms with Crippen LogP contribution >= 0.6 is 0 Å². The highest BCUT2D eigenvalue weighted by molar-refractivity contribution is 4.86. The first-order valence-corrected chi connectivity index (χ1v) is 3.64. The van der Waals surface area contributed by atoms with Gasteiger partial charge in [-0.15, -0.1) is 0 Å². The van der Waals surface area contributed by atoms with Crippen molar-refractivity contribution in [2.75, 3.05) is 13.2 Å². The molecule has 0 amide bonds. The fraction of sp³-hybridized carbons (Fsp3) is 1.00. The molecule has 0 spiro atoms. The Morgan fingerprint density at radius 3 is 2.22 bits per heavy atom. The summed E-state index contributed by atoms with van der Waals surface area (Å²) in [7, 11) is 0. The van der Waals surface area contributed by atoms with E-state index in [2.05, 4.69) is 0 Å². The fourth-order valence-corrected chi connectivity index (χ4v) is 1.47. The first kappa shape index (κ1) is 7.03. The summed E-state index contributed by atoms with van der Waals surface area (Å²) >= 11 is 0. The zero-order chi connectivity index (χ0) is 6.74. The molecule has 0 bridgehead atoms. The third-order valence-electron chi connectivity index (χ3n) is 2.42. The molecule has 1 saturated carbocycles. The van der Waals surface area contributed by atoms with Gasteiger partial charge in [-0.1, -0.05) is 6.42 Å². The topological polar surface area (TPSA) is 46.2 Å². The van der Waals surface area contributed by atoms with Gasteiger partial charge in [0.25, 0.3) is 0 Å². The van der Waals surface area contributed by atoms with Crippen molar-refractivity contribution in [3.05, 3.63) is 0 Å². The molecule has 2 heteroatoms. The lowest BCUT2D eigenvalue weighted by Crippen LogP contribution is -2.35. The van der Waals surface area contributed by atoms with Gasteiger partial charge in [0.05, 0.1) is 0 Å². The minimum absolute atomic E-state index is 0.245. The Morgan fingerprint density at radius 1 is 1.44 bits per heavy atom. The van der Waals surface area contributed by atoms with Crippen LogP contribution in [0.3, 0.4) is 0 Å². The van der Waals surface area contributed by atoms with Crippen LogP contribution in [0.2, 0.25) is 0 Å². The highest BCUT2D eigenvalue weighted by Crippen LogP contribution is 2.42. The zero-order valence-corrected chi connectivity index (χ0v) is 5.77. The Kier molecular flexibility index (Phi) is 2.09. The van der Waals surface area contributed by atoms with Crippen molar-refractivity contribution in [1.29, 1.82) is 0 Å². The van der Waals surface area contributed by atoms with Gasteiger partial charge in [0.1, 0.15) is 0 Å². The van der Waals surface area contributed by atoms with E-state index in [1.807, 2.05) is 0 Å². The van der Waals surface area contributed by atoms with Crippen LogP contribution in [0, 0.1) is 5.41 Å². The van der Waals surface area contributed by atoms with E-state index in [1.54, 1.807) is 0 Å². The molecule has 0 aromatic carbocycles. The van der Waals surface area contributed by atoms with Crippen molar-refractivity contribution >= 4 is 0 Å². The van der Waals surface area contributed by atoms with Crippen molar-refractivity contribution in [3.8, 4) is 0 Å². The van der Waals surface area contributed by atoms with Gasteiger partial charge in [0, 0.05) is 6.61 Å². The molecule has 0 aromatic heterocycles. The number of aliphatic hydroxyl groups is 1. The molecular weight excluding hydrogens is 114 g/mol.